The van der Waals surface area contributed by atoms with Crippen LogP contribution in [-0.4, -0.2) is 37.3 Å². The van der Waals surface area contributed by atoms with Gasteiger partial charge in [-0.2, -0.15) is 0 Å². The Hall–Kier alpha value is -2.22. The number of benzene rings is 1. The molecule has 0 aliphatic carbocycles. The number of aryl methyl sites for hydroxylation is 2. The highest BCUT2D eigenvalue weighted by Crippen LogP contribution is 2.09. The molecular formula is C14H17N3O4S. The number of carbonyl (C=O) groups excluding carboxylic acids is 1. The van der Waals surface area contributed by atoms with Crippen molar-refractivity contribution < 1.29 is 17.6 Å². The second-order valence-electron chi connectivity index (χ2n) is 4.91. The monoisotopic (exact) mass is 323 g/mol. The minimum Gasteiger partial charge on any atom is -0.413 e. The molecule has 0 saturated carbocycles. The lowest BCUT2D eigenvalue weighted by atomic mass is 10.1. The van der Waals surface area contributed by atoms with E-state index in [1.165, 1.54) is 0 Å². The van der Waals surface area contributed by atoms with Gasteiger partial charge in [-0.25, -0.2) is 8.42 Å². The third kappa shape index (κ3) is 4.14. The van der Waals surface area contributed by atoms with E-state index in [9.17, 15) is 13.2 Å². The number of rotatable bonds is 6. The lowest BCUT2D eigenvalue weighted by molar-refractivity contribution is 0.0952. The fourth-order valence-electron chi connectivity index (χ4n) is 1.85. The molecule has 2 aromatic rings. The summed E-state index contributed by atoms with van der Waals surface area (Å²) in [5.41, 5.74) is 1.55. The minimum absolute atomic E-state index is 0.138. The number of aromatic nitrogens is 2. The molecule has 0 saturated heterocycles. The number of nitrogens with zero attached hydrogens (tertiary/aromatic N) is 2. The molecule has 0 spiro atoms. The quantitative estimate of drug-likeness (QED) is 0.800. The molecule has 22 heavy (non-hydrogen) atoms. The van der Waals surface area contributed by atoms with Crippen LogP contribution in [0, 0.1) is 6.92 Å². The maximum atomic E-state index is 12.0. The van der Waals surface area contributed by atoms with Crippen LogP contribution >= 0.6 is 0 Å². The molecule has 0 fully saturated rings. The Bertz CT molecular complexity index is 768. The van der Waals surface area contributed by atoms with Crippen molar-refractivity contribution in [2.24, 2.45) is 0 Å². The van der Waals surface area contributed by atoms with E-state index in [0.717, 1.165) is 11.8 Å². The smallest absolute Gasteiger partial charge is 0.335 e. The Kier molecular flexibility index (Phi) is 4.92. The van der Waals surface area contributed by atoms with Crippen LogP contribution in [0.1, 0.15) is 28.2 Å². The zero-order valence-corrected chi connectivity index (χ0v) is 13.2. The van der Waals surface area contributed by atoms with Gasteiger partial charge in [-0.05, 0) is 25.0 Å². The van der Waals surface area contributed by atoms with E-state index >= 15 is 0 Å². The van der Waals surface area contributed by atoms with Crippen LogP contribution in [0.4, 0.5) is 0 Å². The summed E-state index contributed by atoms with van der Waals surface area (Å²) in [7, 11) is -3.48. The number of hydrogen-bond acceptors (Lipinski definition) is 6. The predicted molar refractivity (Wildman–Crippen MR) is 79.2 cm³/mol. The van der Waals surface area contributed by atoms with Crippen molar-refractivity contribution in [2.45, 2.75) is 25.0 Å². The summed E-state index contributed by atoms with van der Waals surface area (Å²) in [5, 5.41) is 9.55. The Morgan fingerprint density at radius 2 is 2.00 bits per heavy atom. The van der Waals surface area contributed by atoms with Gasteiger partial charge in [0, 0.05) is 24.8 Å². The molecule has 7 nitrogen and oxygen atoms in total. The number of nitrogens with one attached hydrogen (secondary N) is 1. The van der Waals surface area contributed by atoms with Crippen LogP contribution in [0.3, 0.4) is 0 Å². The number of carbonyl (C=O) groups is 1. The first kappa shape index (κ1) is 16.2. The summed E-state index contributed by atoms with van der Waals surface area (Å²) in [5.74, 6) is 0.103. The Morgan fingerprint density at radius 3 is 2.64 bits per heavy atom. The van der Waals surface area contributed by atoms with E-state index < -0.39 is 9.84 Å². The van der Waals surface area contributed by atoms with Crippen LogP contribution in [0.25, 0.3) is 0 Å². The van der Waals surface area contributed by atoms with Gasteiger partial charge in [-0.3, -0.25) is 4.79 Å². The van der Waals surface area contributed by atoms with Gasteiger partial charge in [-0.15, -0.1) is 5.10 Å². The Balaban J connectivity index is 1.81. The highest BCUT2D eigenvalue weighted by Gasteiger charge is 2.16. The molecule has 8 heteroatoms. The molecule has 1 aromatic carbocycles. The standard InChI is InChI=1S/C14H17N3O4S/c1-10-6-3-4-7-11(10)13(18)15-9-5-8-12-16-17-14(21-12)22(2,19)20/h3-4,6-7H,5,8-9H2,1-2H3,(H,15,18). The van der Waals surface area contributed by atoms with Crippen molar-refractivity contribution in [3.05, 3.63) is 41.3 Å². The first-order chi connectivity index (χ1) is 10.4. The molecule has 1 heterocycles. The van der Waals surface area contributed by atoms with Gasteiger partial charge in [0.2, 0.25) is 15.7 Å². The van der Waals surface area contributed by atoms with Crippen molar-refractivity contribution >= 4 is 15.7 Å². The van der Waals surface area contributed by atoms with E-state index in [4.69, 9.17) is 4.42 Å². The molecule has 118 valence electrons. The zero-order chi connectivity index (χ0) is 16.2. The predicted octanol–water partition coefficient (Wildman–Crippen LogP) is 1.14. The summed E-state index contributed by atoms with van der Waals surface area (Å²) >= 11 is 0. The van der Waals surface area contributed by atoms with Crippen LogP contribution in [0.15, 0.2) is 33.9 Å². The van der Waals surface area contributed by atoms with Gasteiger partial charge in [0.25, 0.3) is 5.91 Å². The largest absolute Gasteiger partial charge is 0.413 e. The van der Waals surface area contributed by atoms with Crippen molar-refractivity contribution in [2.75, 3.05) is 12.8 Å². The molecule has 0 aliphatic rings. The van der Waals surface area contributed by atoms with E-state index in [-0.39, 0.29) is 17.0 Å². The summed E-state index contributed by atoms with van der Waals surface area (Å²) < 4.78 is 27.4. The first-order valence-corrected chi connectivity index (χ1v) is 8.63. The molecule has 2 rings (SSSR count). The average Bonchev–Trinajstić information content (AvgIpc) is 2.93. The second kappa shape index (κ2) is 6.69. The summed E-state index contributed by atoms with van der Waals surface area (Å²) in [4.78, 5) is 12.0. The van der Waals surface area contributed by atoms with Crippen LogP contribution in [-0.2, 0) is 16.3 Å². The molecule has 1 N–H and O–H groups in total. The van der Waals surface area contributed by atoms with Crippen LogP contribution < -0.4 is 5.32 Å². The average molecular weight is 323 g/mol. The fourth-order valence-corrected chi connectivity index (χ4v) is 2.29. The molecule has 0 radical (unpaired) electrons. The Labute approximate surface area is 128 Å². The maximum absolute atomic E-state index is 12.0. The van der Waals surface area contributed by atoms with Gasteiger partial charge in [0.15, 0.2) is 0 Å². The SMILES string of the molecule is Cc1ccccc1C(=O)NCCCc1nnc(S(C)(=O)=O)o1. The normalized spacial score (nSPS) is 11.4. The summed E-state index contributed by atoms with van der Waals surface area (Å²) in [6.07, 6.45) is 1.98. The topological polar surface area (TPSA) is 102 Å². The van der Waals surface area contributed by atoms with Crippen molar-refractivity contribution in [1.82, 2.24) is 15.5 Å². The van der Waals surface area contributed by atoms with Crippen molar-refractivity contribution in [3.63, 3.8) is 0 Å². The van der Waals surface area contributed by atoms with Gasteiger partial charge in [-0.1, -0.05) is 23.3 Å². The molecule has 0 unspecified atom stereocenters. The molecule has 0 aliphatic heterocycles. The maximum Gasteiger partial charge on any atom is 0.335 e. The van der Waals surface area contributed by atoms with Crippen molar-refractivity contribution in [3.8, 4) is 0 Å². The first-order valence-electron chi connectivity index (χ1n) is 6.74. The third-order valence-electron chi connectivity index (χ3n) is 3.01. The zero-order valence-electron chi connectivity index (χ0n) is 12.4. The van der Waals surface area contributed by atoms with Crippen molar-refractivity contribution in [1.29, 1.82) is 0 Å². The Morgan fingerprint density at radius 1 is 1.27 bits per heavy atom. The second-order valence-corrected chi connectivity index (χ2v) is 6.80. The van der Waals surface area contributed by atoms with E-state index in [2.05, 4.69) is 15.5 Å². The van der Waals surface area contributed by atoms with Gasteiger partial charge < -0.3 is 9.73 Å². The number of sulfone groups is 1. The van der Waals surface area contributed by atoms with E-state index in [0.29, 0.717) is 24.9 Å². The van der Waals surface area contributed by atoms with Gasteiger partial charge in [0.1, 0.15) is 0 Å². The molecule has 1 amide bonds. The minimum atomic E-state index is -3.48. The molecule has 0 bridgehead atoms. The molecular weight excluding hydrogens is 306 g/mol. The lowest BCUT2D eigenvalue weighted by Gasteiger charge is -2.06. The summed E-state index contributed by atoms with van der Waals surface area (Å²) in [6.45, 7) is 2.31. The summed E-state index contributed by atoms with van der Waals surface area (Å²) in [6, 6.07) is 7.33. The highest BCUT2D eigenvalue weighted by molar-refractivity contribution is 7.90. The molecule has 0 atom stereocenters. The number of amides is 1. The van der Waals surface area contributed by atoms with Crippen LogP contribution in [0.5, 0.6) is 0 Å². The van der Waals surface area contributed by atoms with Gasteiger partial charge >= 0.3 is 5.22 Å². The van der Waals surface area contributed by atoms with E-state index in [1.54, 1.807) is 6.07 Å². The van der Waals surface area contributed by atoms with Gasteiger partial charge in [0.05, 0.1) is 0 Å². The third-order valence-corrected chi connectivity index (χ3v) is 3.81. The van der Waals surface area contributed by atoms with Crippen LogP contribution in [0.2, 0.25) is 0 Å². The number of hydrogen-bond donors (Lipinski definition) is 1. The highest BCUT2D eigenvalue weighted by atomic mass is 32.2. The molecule has 1 aromatic heterocycles. The fraction of sp³-hybridized carbons (Fsp3) is 0.357. The lowest BCUT2D eigenvalue weighted by Crippen LogP contribution is -2.25. The van der Waals surface area contributed by atoms with E-state index in [1.807, 2.05) is 25.1 Å².